The summed E-state index contributed by atoms with van der Waals surface area (Å²) < 4.78 is 0. The number of hydrogen-bond acceptors (Lipinski definition) is 2. The van der Waals surface area contributed by atoms with Gasteiger partial charge in [-0.25, -0.2) is 0 Å². The lowest BCUT2D eigenvalue weighted by Crippen LogP contribution is -2.12. The van der Waals surface area contributed by atoms with Gasteiger partial charge in [0.2, 0.25) is 0 Å². The van der Waals surface area contributed by atoms with Crippen LogP contribution in [0.25, 0.3) is 5.57 Å². The molecule has 1 aromatic carbocycles. The maximum Gasteiger partial charge on any atom is 0.166 e. The Morgan fingerprint density at radius 3 is 2.77 bits per heavy atom. The number of hydrogen-bond donors (Lipinski definition) is 1. The highest BCUT2D eigenvalue weighted by Crippen LogP contribution is 2.27. The van der Waals surface area contributed by atoms with Gasteiger partial charge in [0.15, 0.2) is 5.78 Å². The van der Waals surface area contributed by atoms with E-state index in [1.807, 2.05) is 24.3 Å². The van der Waals surface area contributed by atoms with Crippen molar-refractivity contribution in [2.45, 2.75) is 12.8 Å². The van der Waals surface area contributed by atoms with Gasteiger partial charge in [0.25, 0.3) is 0 Å². The molecule has 0 atom stereocenters. The first kappa shape index (κ1) is 8.05. The molecular formula is C11H10O2. The summed E-state index contributed by atoms with van der Waals surface area (Å²) in [5, 5.41) is 8.93. The van der Waals surface area contributed by atoms with Crippen molar-refractivity contribution in [2.75, 3.05) is 0 Å². The minimum Gasteiger partial charge on any atom is -0.515 e. The summed E-state index contributed by atoms with van der Waals surface area (Å²) in [7, 11) is 0. The summed E-state index contributed by atoms with van der Waals surface area (Å²) in [6.45, 7) is 0. The third-order valence-electron chi connectivity index (χ3n) is 2.36. The first-order valence-electron chi connectivity index (χ1n) is 4.29. The average molecular weight is 174 g/mol. The highest BCUT2D eigenvalue weighted by molar-refractivity contribution is 6.21. The molecular weight excluding hydrogens is 164 g/mol. The maximum absolute atomic E-state index is 11.4. The van der Waals surface area contributed by atoms with Crippen molar-refractivity contribution in [1.29, 1.82) is 0 Å². The summed E-state index contributed by atoms with van der Waals surface area (Å²) in [6.07, 6.45) is 2.20. The summed E-state index contributed by atoms with van der Waals surface area (Å²) in [6, 6.07) is 7.68. The number of aliphatic hydroxyl groups excluding tert-OH is 1. The first-order chi connectivity index (χ1) is 6.33. The van der Waals surface area contributed by atoms with Gasteiger partial charge >= 0.3 is 0 Å². The fraction of sp³-hybridized carbons (Fsp3) is 0.182. The first-order valence-corrected chi connectivity index (χ1v) is 4.29. The Bertz CT molecular complexity index is 377. The minimum atomic E-state index is 0.0289. The van der Waals surface area contributed by atoms with Crippen LogP contribution in [0, 0.1) is 0 Å². The molecule has 13 heavy (non-hydrogen) atoms. The molecule has 0 amide bonds. The summed E-state index contributed by atoms with van der Waals surface area (Å²) in [5.74, 6) is 0.0289. The molecule has 0 fully saturated rings. The molecule has 0 radical (unpaired) electrons. The molecule has 0 saturated carbocycles. The standard InChI is InChI=1S/C11H10O2/c12-7-10-9-4-2-1-3-8(9)5-6-11(10)13/h1-4,7,12H,5-6H2/b10-7-. The largest absolute Gasteiger partial charge is 0.515 e. The van der Waals surface area contributed by atoms with Crippen LogP contribution in [0.5, 0.6) is 0 Å². The summed E-state index contributed by atoms with van der Waals surface area (Å²) in [4.78, 5) is 11.4. The molecule has 0 heterocycles. The molecule has 2 rings (SSSR count). The zero-order chi connectivity index (χ0) is 9.26. The van der Waals surface area contributed by atoms with E-state index in [4.69, 9.17) is 5.11 Å². The van der Waals surface area contributed by atoms with Gasteiger partial charge in [0.05, 0.1) is 11.8 Å². The smallest absolute Gasteiger partial charge is 0.166 e. The average Bonchev–Trinajstić information content (AvgIpc) is 2.18. The van der Waals surface area contributed by atoms with E-state index in [2.05, 4.69) is 0 Å². The van der Waals surface area contributed by atoms with Crippen molar-refractivity contribution >= 4 is 11.4 Å². The molecule has 1 aliphatic rings. The second-order valence-electron chi connectivity index (χ2n) is 3.12. The number of fused-ring (bicyclic) bond motifs is 1. The highest BCUT2D eigenvalue weighted by Gasteiger charge is 2.20. The highest BCUT2D eigenvalue weighted by atomic mass is 16.2. The molecule has 1 N–H and O–H groups in total. The fourth-order valence-electron chi connectivity index (χ4n) is 1.68. The lowest BCUT2D eigenvalue weighted by molar-refractivity contribution is -0.114. The van der Waals surface area contributed by atoms with Crippen LogP contribution in [0.2, 0.25) is 0 Å². The van der Waals surface area contributed by atoms with Crippen LogP contribution in [0.3, 0.4) is 0 Å². The zero-order valence-corrected chi connectivity index (χ0v) is 7.16. The second-order valence-corrected chi connectivity index (χ2v) is 3.12. The fourth-order valence-corrected chi connectivity index (χ4v) is 1.68. The van der Waals surface area contributed by atoms with E-state index in [1.54, 1.807) is 0 Å². The number of rotatable bonds is 0. The number of allylic oxidation sites excluding steroid dienone is 1. The monoisotopic (exact) mass is 174 g/mol. The van der Waals surface area contributed by atoms with Gasteiger partial charge in [-0.2, -0.15) is 0 Å². The third kappa shape index (κ3) is 1.24. The molecule has 2 nitrogen and oxygen atoms in total. The molecule has 0 aliphatic heterocycles. The van der Waals surface area contributed by atoms with Crippen molar-refractivity contribution in [3.8, 4) is 0 Å². The molecule has 0 unspecified atom stereocenters. The van der Waals surface area contributed by atoms with E-state index in [-0.39, 0.29) is 5.78 Å². The van der Waals surface area contributed by atoms with Gasteiger partial charge in [-0.05, 0) is 17.5 Å². The van der Waals surface area contributed by atoms with Crippen LogP contribution in [-0.4, -0.2) is 10.9 Å². The molecule has 0 aromatic heterocycles. The quantitative estimate of drug-likeness (QED) is 0.483. The summed E-state index contributed by atoms with van der Waals surface area (Å²) in [5.41, 5.74) is 2.46. The van der Waals surface area contributed by atoms with Crippen LogP contribution in [-0.2, 0) is 11.2 Å². The molecule has 2 heteroatoms. The van der Waals surface area contributed by atoms with E-state index in [1.165, 1.54) is 0 Å². The SMILES string of the molecule is O=C1CCc2ccccc2/C1=C/O. The molecule has 0 saturated heterocycles. The van der Waals surface area contributed by atoms with Gasteiger partial charge in [-0.15, -0.1) is 0 Å². The lowest BCUT2D eigenvalue weighted by atomic mass is 9.87. The van der Waals surface area contributed by atoms with E-state index < -0.39 is 0 Å². The number of benzene rings is 1. The molecule has 1 aliphatic carbocycles. The Balaban J connectivity index is 2.58. The molecule has 0 bridgehead atoms. The van der Waals surface area contributed by atoms with Gasteiger partial charge in [0.1, 0.15) is 0 Å². The number of ketones is 1. The Kier molecular flexibility index (Phi) is 1.89. The van der Waals surface area contributed by atoms with Gasteiger partial charge < -0.3 is 5.11 Å². The van der Waals surface area contributed by atoms with Gasteiger partial charge in [0, 0.05) is 6.42 Å². The number of Topliss-reactive ketones (excluding diaryl/α,β-unsaturated/α-hetero) is 1. The van der Waals surface area contributed by atoms with Crippen LogP contribution < -0.4 is 0 Å². The Hall–Kier alpha value is -1.57. The predicted molar refractivity (Wildman–Crippen MR) is 50.4 cm³/mol. The van der Waals surface area contributed by atoms with Gasteiger partial charge in [-0.3, -0.25) is 4.79 Å². The normalized spacial score (nSPS) is 18.8. The summed E-state index contributed by atoms with van der Waals surface area (Å²) >= 11 is 0. The number of aliphatic hydroxyl groups is 1. The third-order valence-corrected chi connectivity index (χ3v) is 2.36. The van der Waals surface area contributed by atoms with E-state index in [0.717, 1.165) is 23.8 Å². The van der Waals surface area contributed by atoms with E-state index in [0.29, 0.717) is 12.0 Å². The Labute approximate surface area is 76.5 Å². The number of carbonyl (C=O) groups is 1. The van der Waals surface area contributed by atoms with Crippen molar-refractivity contribution < 1.29 is 9.90 Å². The van der Waals surface area contributed by atoms with Crippen molar-refractivity contribution in [1.82, 2.24) is 0 Å². The number of aryl methyl sites for hydroxylation is 1. The van der Waals surface area contributed by atoms with Crippen LogP contribution in [0.4, 0.5) is 0 Å². The lowest BCUT2D eigenvalue weighted by Gasteiger charge is -2.16. The molecule has 1 aromatic rings. The van der Waals surface area contributed by atoms with E-state index >= 15 is 0 Å². The predicted octanol–water partition coefficient (Wildman–Crippen LogP) is 2.10. The topological polar surface area (TPSA) is 37.3 Å². The van der Waals surface area contributed by atoms with Crippen molar-refractivity contribution in [3.63, 3.8) is 0 Å². The Morgan fingerprint density at radius 2 is 2.00 bits per heavy atom. The molecule has 66 valence electrons. The zero-order valence-electron chi connectivity index (χ0n) is 7.16. The van der Waals surface area contributed by atoms with Crippen LogP contribution in [0.15, 0.2) is 30.5 Å². The molecule has 0 spiro atoms. The number of carbonyl (C=O) groups excluding carboxylic acids is 1. The van der Waals surface area contributed by atoms with Crippen LogP contribution in [0.1, 0.15) is 17.5 Å². The van der Waals surface area contributed by atoms with Gasteiger partial charge in [-0.1, -0.05) is 24.3 Å². The second kappa shape index (κ2) is 3.05. The maximum atomic E-state index is 11.4. The van der Waals surface area contributed by atoms with Crippen LogP contribution >= 0.6 is 0 Å². The minimum absolute atomic E-state index is 0.0289. The van der Waals surface area contributed by atoms with E-state index in [9.17, 15) is 4.79 Å². The van der Waals surface area contributed by atoms with Crippen molar-refractivity contribution in [3.05, 3.63) is 41.7 Å². The van der Waals surface area contributed by atoms with Crippen molar-refractivity contribution in [2.24, 2.45) is 0 Å². The Morgan fingerprint density at radius 1 is 1.23 bits per heavy atom.